The topological polar surface area (TPSA) is 100 Å². The van der Waals surface area contributed by atoms with E-state index in [4.69, 9.17) is 20.7 Å². The Morgan fingerprint density at radius 1 is 0.868 bits per heavy atom. The highest BCUT2D eigenvalue weighted by Crippen LogP contribution is 2.34. The third-order valence-electron chi connectivity index (χ3n) is 8.99. The lowest BCUT2D eigenvalue weighted by Crippen LogP contribution is -2.43. The molecule has 9 nitrogen and oxygen atoms in total. The van der Waals surface area contributed by atoms with Gasteiger partial charge in [0.15, 0.2) is 17.0 Å². The van der Waals surface area contributed by atoms with Gasteiger partial charge in [0.05, 0.1) is 6.33 Å². The Morgan fingerprint density at radius 3 is 2.24 bits per heavy atom. The molecule has 1 saturated heterocycles. The van der Waals surface area contributed by atoms with Gasteiger partial charge in [0, 0.05) is 50.3 Å². The fraction of sp³-hybridized carbons (Fsp3) is 0.828. The predicted molar refractivity (Wildman–Crippen MR) is 157 cm³/mol. The lowest BCUT2D eigenvalue weighted by atomic mass is 9.92. The van der Waals surface area contributed by atoms with Gasteiger partial charge in [-0.1, -0.05) is 26.7 Å². The molecule has 0 aromatic carbocycles. The molecule has 2 aromatic heterocycles. The van der Waals surface area contributed by atoms with Gasteiger partial charge in [-0.15, -0.1) is 0 Å². The van der Waals surface area contributed by atoms with Crippen molar-refractivity contribution in [2.75, 3.05) is 49.9 Å². The van der Waals surface area contributed by atoms with Crippen molar-refractivity contribution in [2.24, 2.45) is 5.73 Å². The van der Waals surface area contributed by atoms with Crippen molar-refractivity contribution in [3.8, 4) is 0 Å². The van der Waals surface area contributed by atoms with E-state index in [0.29, 0.717) is 24.2 Å². The molecule has 4 N–H and O–H groups in total. The standard InChI is InChI=1S/C29H51N9/c1-3-15-36(16-4-2)19-20-37-17-13-24(14-18-37)33-29-34-27(32-23-11-9-22(30)10-12-23)26-28(35-29)38(21-31-26)25-7-5-6-8-25/h21-25H,3-20,30H2,1-2H3,(H2,32,33,34,35). The van der Waals surface area contributed by atoms with E-state index < -0.39 is 0 Å². The molecular formula is C29H51N9. The quantitative estimate of drug-likeness (QED) is 0.369. The lowest BCUT2D eigenvalue weighted by Gasteiger charge is -2.34. The summed E-state index contributed by atoms with van der Waals surface area (Å²) in [6.45, 7) is 11.6. The summed E-state index contributed by atoms with van der Waals surface area (Å²) < 4.78 is 2.32. The van der Waals surface area contributed by atoms with Crippen molar-refractivity contribution in [2.45, 2.75) is 115 Å². The first-order valence-electron chi connectivity index (χ1n) is 15.6. The van der Waals surface area contributed by atoms with Crippen LogP contribution in [0.15, 0.2) is 6.33 Å². The van der Waals surface area contributed by atoms with Crippen LogP contribution in [0, 0.1) is 0 Å². The molecule has 1 aliphatic heterocycles. The zero-order valence-corrected chi connectivity index (χ0v) is 23.9. The smallest absolute Gasteiger partial charge is 0.227 e. The second-order valence-corrected chi connectivity index (χ2v) is 12.0. The fourth-order valence-corrected chi connectivity index (χ4v) is 6.72. The summed E-state index contributed by atoms with van der Waals surface area (Å²) in [5.41, 5.74) is 8.06. The first kappa shape index (κ1) is 27.6. The van der Waals surface area contributed by atoms with Crippen LogP contribution in [0.5, 0.6) is 0 Å². The van der Waals surface area contributed by atoms with E-state index in [1.165, 1.54) is 64.7 Å². The van der Waals surface area contributed by atoms with E-state index in [-0.39, 0.29) is 0 Å². The van der Waals surface area contributed by atoms with E-state index in [0.717, 1.165) is 74.5 Å². The van der Waals surface area contributed by atoms with Crippen LogP contribution in [0.2, 0.25) is 0 Å². The first-order chi connectivity index (χ1) is 18.6. The van der Waals surface area contributed by atoms with Gasteiger partial charge in [-0.05, 0) is 77.3 Å². The number of hydrogen-bond donors (Lipinski definition) is 3. The molecule has 5 rings (SSSR count). The number of rotatable bonds is 12. The van der Waals surface area contributed by atoms with E-state index in [1.54, 1.807) is 0 Å². The maximum absolute atomic E-state index is 6.17. The summed E-state index contributed by atoms with van der Waals surface area (Å²) in [6.07, 6.45) is 16.1. The SMILES string of the molecule is CCCN(CCC)CCN1CCC(Nc2nc(NC3CCC(N)CC3)c3ncn(C4CCCC4)c3n2)CC1. The molecule has 0 atom stereocenters. The molecule has 3 aliphatic rings. The monoisotopic (exact) mass is 525 g/mol. The number of nitrogens with two attached hydrogens (primary N) is 1. The summed E-state index contributed by atoms with van der Waals surface area (Å²) in [7, 11) is 0. The number of anilines is 2. The minimum atomic E-state index is 0.338. The molecule has 0 amide bonds. The molecule has 9 heteroatoms. The van der Waals surface area contributed by atoms with E-state index >= 15 is 0 Å². The molecule has 0 unspecified atom stereocenters. The fourth-order valence-electron chi connectivity index (χ4n) is 6.72. The zero-order valence-electron chi connectivity index (χ0n) is 23.9. The van der Waals surface area contributed by atoms with Crippen LogP contribution in [0.3, 0.4) is 0 Å². The summed E-state index contributed by atoms with van der Waals surface area (Å²) >= 11 is 0. The van der Waals surface area contributed by atoms with Crippen molar-refractivity contribution >= 4 is 22.9 Å². The van der Waals surface area contributed by atoms with Gasteiger partial charge in [0.25, 0.3) is 0 Å². The number of piperidine rings is 1. The van der Waals surface area contributed by atoms with Gasteiger partial charge < -0.3 is 30.7 Å². The Balaban J connectivity index is 1.25. The first-order valence-corrected chi connectivity index (χ1v) is 15.6. The minimum Gasteiger partial charge on any atom is -0.365 e. The minimum absolute atomic E-state index is 0.338. The van der Waals surface area contributed by atoms with Gasteiger partial charge in [-0.2, -0.15) is 9.97 Å². The highest BCUT2D eigenvalue weighted by atomic mass is 15.2. The van der Waals surface area contributed by atoms with Crippen LogP contribution in [-0.4, -0.2) is 86.7 Å². The molecule has 0 radical (unpaired) electrons. The Labute approximate surface area is 229 Å². The third-order valence-corrected chi connectivity index (χ3v) is 8.99. The molecule has 3 heterocycles. The van der Waals surface area contributed by atoms with Crippen LogP contribution in [-0.2, 0) is 0 Å². The van der Waals surface area contributed by atoms with Crippen LogP contribution >= 0.6 is 0 Å². The van der Waals surface area contributed by atoms with Gasteiger partial charge in [0.1, 0.15) is 0 Å². The lowest BCUT2D eigenvalue weighted by molar-refractivity contribution is 0.176. The second kappa shape index (κ2) is 13.4. The van der Waals surface area contributed by atoms with Crippen molar-refractivity contribution in [1.82, 2.24) is 29.3 Å². The van der Waals surface area contributed by atoms with Crippen LogP contribution < -0.4 is 16.4 Å². The molecule has 2 aromatic rings. The summed E-state index contributed by atoms with van der Waals surface area (Å²) in [6, 6.07) is 1.66. The van der Waals surface area contributed by atoms with Crippen LogP contribution in [0.1, 0.15) is 96.9 Å². The number of aromatic nitrogens is 4. The Hall–Kier alpha value is -1.97. The number of imidazole rings is 1. The van der Waals surface area contributed by atoms with E-state index in [2.05, 4.69) is 38.8 Å². The normalized spacial score (nSPS) is 24.0. The summed E-state index contributed by atoms with van der Waals surface area (Å²) in [5.74, 6) is 1.64. The van der Waals surface area contributed by atoms with Crippen molar-refractivity contribution in [3.63, 3.8) is 0 Å². The number of nitrogens with zero attached hydrogens (tertiary/aromatic N) is 6. The number of fused-ring (bicyclic) bond motifs is 1. The van der Waals surface area contributed by atoms with Gasteiger partial charge in [-0.3, -0.25) is 0 Å². The van der Waals surface area contributed by atoms with Crippen molar-refractivity contribution in [1.29, 1.82) is 0 Å². The Kier molecular flexibility index (Phi) is 9.73. The number of hydrogen-bond acceptors (Lipinski definition) is 8. The third kappa shape index (κ3) is 6.96. The van der Waals surface area contributed by atoms with Gasteiger partial charge >= 0.3 is 0 Å². The Morgan fingerprint density at radius 2 is 1.55 bits per heavy atom. The molecule has 2 aliphatic carbocycles. The van der Waals surface area contributed by atoms with Gasteiger partial charge in [-0.25, -0.2) is 4.98 Å². The summed E-state index contributed by atoms with van der Waals surface area (Å²) in [5, 5.41) is 7.48. The molecule has 38 heavy (non-hydrogen) atoms. The Bertz CT molecular complexity index is 979. The average Bonchev–Trinajstić information content (AvgIpc) is 3.60. The maximum Gasteiger partial charge on any atom is 0.227 e. The maximum atomic E-state index is 6.17. The number of likely N-dealkylation sites (tertiary alicyclic amines) is 1. The zero-order chi connectivity index (χ0) is 26.3. The highest BCUT2D eigenvalue weighted by molar-refractivity contribution is 5.84. The van der Waals surface area contributed by atoms with Gasteiger partial charge in [0.2, 0.25) is 5.95 Å². The van der Waals surface area contributed by atoms with Crippen molar-refractivity contribution in [3.05, 3.63) is 6.33 Å². The summed E-state index contributed by atoms with van der Waals surface area (Å²) in [4.78, 5) is 20.1. The predicted octanol–water partition coefficient (Wildman–Crippen LogP) is 4.62. The second-order valence-electron chi connectivity index (χ2n) is 12.0. The van der Waals surface area contributed by atoms with E-state index in [1.807, 2.05) is 6.33 Å². The average molecular weight is 526 g/mol. The molecule has 212 valence electrons. The number of nitrogens with one attached hydrogen (secondary N) is 2. The van der Waals surface area contributed by atoms with Crippen molar-refractivity contribution < 1.29 is 0 Å². The van der Waals surface area contributed by atoms with E-state index in [9.17, 15) is 0 Å². The molecule has 3 fully saturated rings. The molecule has 2 saturated carbocycles. The largest absolute Gasteiger partial charge is 0.365 e. The van der Waals surface area contributed by atoms with Crippen LogP contribution in [0.4, 0.5) is 11.8 Å². The molecular weight excluding hydrogens is 474 g/mol. The van der Waals surface area contributed by atoms with Crippen LogP contribution in [0.25, 0.3) is 11.2 Å². The highest BCUT2D eigenvalue weighted by Gasteiger charge is 2.26. The molecule has 0 bridgehead atoms. The molecule has 0 spiro atoms.